The van der Waals surface area contributed by atoms with Crippen molar-refractivity contribution in [3.8, 4) is 5.75 Å². The van der Waals surface area contributed by atoms with Gasteiger partial charge in [-0.1, -0.05) is 12.6 Å². The molecule has 0 saturated heterocycles. The van der Waals surface area contributed by atoms with Crippen molar-refractivity contribution in [3.63, 3.8) is 0 Å². The second-order valence-electron chi connectivity index (χ2n) is 6.61. The van der Waals surface area contributed by atoms with Crippen molar-refractivity contribution >= 4 is 35.0 Å². The van der Waals surface area contributed by atoms with Gasteiger partial charge in [0.1, 0.15) is 12.4 Å². The molecule has 162 valence electrons. The Morgan fingerprint density at radius 2 is 1.74 bits per heavy atom. The average Bonchev–Trinajstić information content (AvgIpc) is 2.72. The Morgan fingerprint density at radius 3 is 2.39 bits per heavy atom. The van der Waals surface area contributed by atoms with Crippen LogP contribution in [-0.4, -0.2) is 31.1 Å². The van der Waals surface area contributed by atoms with Gasteiger partial charge in [-0.05, 0) is 49.7 Å². The Morgan fingerprint density at radius 1 is 1.03 bits per heavy atom. The molecule has 0 unspecified atom stereocenters. The number of nitrogens with one attached hydrogen (secondary N) is 2. The molecule has 0 aliphatic heterocycles. The molecule has 2 rings (SSSR count). The summed E-state index contributed by atoms with van der Waals surface area (Å²) in [5.41, 5.74) is 2.93. The van der Waals surface area contributed by atoms with Crippen molar-refractivity contribution in [2.75, 3.05) is 18.5 Å². The van der Waals surface area contributed by atoms with Crippen molar-refractivity contribution in [1.82, 2.24) is 5.32 Å². The van der Waals surface area contributed by atoms with Gasteiger partial charge in [0.2, 0.25) is 5.91 Å². The van der Waals surface area contributed by atoms with E-state index >= 15 is 0 Å². The van der Waals surface area contributed by atoms with Gasteiger partial charge in [0.15, 0.2) is 0 Å². The lowest BCUT2D eigenvalue weighted by atomic mass is 10.2. The predicted octanol–water partition coefficient (Wildman–Crippen LogP) is 4.58. The molecule has 9 heteroatoms. The number of carbonyl (C=O) groups is 3. The molecular weight excluding hydrogens is 400 g/mol. The van der Waals surface area contributed by atoms with Crippen molar-refractivity contribution in [1.29, 1.82) is 0 Å². The predicted molar refractivity (Wildman–Crippen MR) is 116 cm³/mol. The Labute approximate surface area is 180 Å². The molecule has 0 radical (unpaired) electrons. The van der Waals surface area contributed by atoms with Crippen LogP contribution in [0.4, 0.5) is 21.9 Å². The molecule has 0 saturated carbocycles. The molecule has 0 spiro atoms. The summed E-state index contributed by atoms with van der Waals surface area (Å²) in [4.78, 5) is 34.2. The lowest BCUT2D eigenvalue weighted by Crippen LogP contribution is -2.30. The van der Waals surface area contributed by atoms with Crippen LogP contribution in [0.15, 0.2) is 64.8 Å². The highest BCUT2D eigenvalue weighted by molar-refractivity contribution is 5.88. The summed E-state index contributed by atoms with van der Waals surface area (Å²) in [5.74, 6) is -0.385. The number of hydrogen-bond donors (Lipinski definition) is 2. The third-order valence-electron chi connectivity index (χ3n) is 3.81. The van der Waals surface area contributed by atoms with E-state index < -0.39 is 12.1 Å². The Balaban J connectivity index is 1.93. The van der Waals surface area contributed by atoms with Gasteiger partial charge in [0.05, 0.1) is 17.9 Å². The summed E-state index contributed by atoms with van der Waals surface area (Å²) < 4.78 is 10.1. The van der Waals surface area contributed by atoms with Gasteiger partial charge >= 0.3 is 12.1 Å². The van der Waals surface area contributed by atoms with Gasteiger partial charge in [-0.2, -0.15) is 10.2 Å². The second-order valence-corrected chi connectivity index (χ2v) is 6.61. The van der Waals surface area contributed by atoms with Crippen LogP contribution in [0.3, 0.4) is 0 Å². The average molecular weight is 424 g/mol. The highest BCUT2D eigenvalue weighted by Gasteiger charge is 2.08. The number of hydrogen-bond acceptors (Lipinski definition) is 7. The SMILES string of the molecule is C=C(C)C(=O)OCCNC(=O)Oc1ccc(C)c(N=Nc2ccc(NC(C)=O)cc2)c1. The minimum absolute atomic E-state index is 0.00881. The summed E-state index contributed by atoms with van der Waals surface area (Å²) in [6, 6.07) is 11.9. The first-order chi connectivity index (χ1) is 14.7. The Bertz CT molecular complexity index is 999. The number of benzene rings is 2. The molecule has 2 N–H and O–H groups in total. The Kier molecular flexibility index (Phi) is 8.44. The summed E-state index contributed by atoms with van der Waals surface area (Å²) in [6.07, 6.45) is -0.688. The van der Waals surface area contributed by atoms with Crippen LogP contribution >= 0.6 is 0 Å². The number of rotatable bonds is 8. The summed E-state index contributed by atoms with van der Waals surface area (Å²) >= 11 is 0. The molecule has 9 nitrogen and oxygen atoms in total. The fraction of sp³-hybridized carbons (Fsp3) is 0.227. The fourth-order valence-corrected chi connectivity index (χ4v) is 2.25. The monoisotopic (exact) mass is 424 g/mol. The number of aryl methyl sites for hydroxylation is 1. The minimum atomic E-state index is -0.688. The first-order valence-electron chi connectivity index (χ1n) is 9.43. The smallest absolute Gasteiger partial charge is 0.412 e. The quantitative estimate of drug-likeness (QED) is 0.278. The van der Waals surface area contributed by atoms with E-state index in [1.165, 1.54) is 13.8 Å². The van der Waals surface area contributed by atoms with Crippen molar-refractivity contribution in [2.45, 2.75) is 20.8 Å². The van der Waals surface area contributed by atoms with E-state index in [2.05, 4.69) is 27.4 Å². The van der Waals surface area contributed by atoms with E-state index in [4.69, 9.17) is 9.47 Å². The number of anilines is 1. The second kappa shape index (κ2) is 11.2. The molecule has 0 fully saturated rings. The highest BCUT2D eigenvalue weighted by atomic mass is 16.6. The van der Waals surface area contributed by atoms with Gasteiger partial charge in [-0.15, -0.1) is 0 Å². The number of amides is 2. The molecule has 0 atom stereocenters. The molecule has 2 amide bonds. The topological polar surface area (TPSA) is 118 Å². The zero-order chi connectivity index (χ0) is 22.8. The minimum Gasteiger partial charge on any atom is -0.460 e. The summed E-state index contributed by atoms with van der Waals surface area (Å²) in [7, 11) is 0. The van der Waals surface area contributed by atoms with Crippen LogP contribution in [0.5, 0.6) is 5.75 Å². The van der Waals surface area contributed by atoms with E-state index in [0.717, 1.165) is 5.56 Å². The maximum Gasteiger partial charge on any atom is 0.412 e. The van der Waals surface area contributed by atoms with E-state index in [0.29, 0.717) is 17.1 Å². The summed E-state index contributed by atoms with van der Waals surface area (Å²) in [5, 5.41) is 13.5. The van der Waals surface area contributed by atoms with E-state index in [-0.39, 0.29) is 30.4 Å². The highest BCUT2D eigenvalue weighted by Crippen LogP contribution is 2.27. The van der Waals surface area contributed by atoms with Crippen LogP contribution in [-0.2, 0) is 14.3 Å². The maximum absolute atomic E-state index is 11.9. The van der Waals surface area contributed by atoms with Crippen molar-refractivity contribution < 1.29 is 23.9 Å². The zero-order valence-electron chi connectivity index (χ0n) is 17.6. The largest absolute Gasteiger partial charge is 0.460 e. The fourth-order valence-electron chi connectivity index (χ4n) is 2.25. The molecule has 0 aliphatic carbocycles. The van der Waals surface area contributed by atoms with E-state index in [9.17, 15) is 14.4 Å². The molecule has 31 heavy (non-hydrogen) atoms. The molecule has 0 aliphatic rings. The molecule has 0 bridgehead atoms. The molecular formula is C22H24N4O5. The lowest BCUT2D eigenvalue weighted by Gasteiger charge is -2.08. The van der Waals surface area contributed by atoms with Gasteiger partial charge < -0.3 is 20.1 Å². The van der Waals surface area contributed by atoms with Crippen molar-refractivity contribution in [3.05, 3.63) is 60.2 Å². The van der Waals surface area contributed by atoms with E-state index in [1.807, 2.05) is 6.92 Å². The van der Waals surface area contributed by atoms with Crippen LogP contribution in [0.1, 0.15) is 19.4 Å². The third-order valence-corrected chi connectivity index (χ3v) is 3.81. The maximum atomic E-state index is 11.9. The number of nitrogens with zero attached hydrogens (tertiary/aromatic N) is 2. The standard InChI is InChI=1S/C22H24N4O5/c1-14(2)21(28)30-12-11-23-22(29)31-19-10-5-15(3)20(13-19)26-25-18-8-6-17(7-9-18)24-16(4)27/h5-10,13H,1,11-12H2,2-4H3,(H,23,29)(H,24,27). The van der Waals surface area contributed by atoms with Crippen LogP contribution in [0.2, 0.25) is 0 Å². The normalized spacial score (nSPS) is 10.4. The number of esters is 1. The van der Waals surface area contributed by atoms with Gasteiger partial charge in [0, 0.05) is 24.3 Å². The van der Waals surface area contributed by atoms with Crippen LogP contribution < -0.4 is 15.4 Å². The zero-order valence-corrected chi connectivity index (χ0v) is 17.6. The van der Waals surface area contributed by atoms with Gasteiger partial charge in [-0.3, -0.25) is 4.79 Å². The summed E-state index contributed by atoms with van der Waals surface area (Å²) in [6.45, 7) is 8.41. The molecule has 0 heterocycles. The van der Waals surface area contributed by atoms with Gasteiger partial charge in [-0.25, -0.2) is 9.59 Å². The molecule has 2 aromatic rings. The first-order valence-corrected chi connectivity index (χ1v) is 9.43. The third kappa shape index (κ3) is 8.09. The molecule has 0 aromatic heterocycles. The number of ether oxygens (including phenoxy) is 2. The van der Waals surface area contributed by atoms with Crippen molar-refractivity contribution in [2.24, 2.45) is 10.2 Å². The van der Waals surface area contributed by atoms with Crippen LogP contribution in [0, 0.1) is 6.92 Å². The van der Waals surface area contributed by atoms with Crippen LogP contribution in [0.25, 0.3) is 0 Å². The van der Waals surface area contributed by atoms with Gasteiger partial charge in [0.25, 0.3) is 0 Å². The number of carbonyl (C=O) groups excluding carboxylic acids is 3. The molecule has 2 aromatic carbocycles. The number of azo groups is 1. The van der Waals surface area contributed by atoms with E-state index in [1.54, 1.807) is 42.5 Å². The Hall–Kier alpha value is -4.01. The first kappa shape index (κ1) is 23.3. The lowest BCUT2D eigenvalue weighted by molar-refractivity contribution is -0.138.